The van der Waals surface area contributed by atoms with Gasteiger partial charge >= 0.3 is 0 Å². The largest absolute Gasteiger partial charge is 0.294 e. The first-order chi connectivity index (χ1) is 9.08. The normalized spacial score (nSPS) is 10.7. The molecule has 2 heteroatoms. The minimum atomic E-state index is 0.0365. The molecule has 0 amide bonds. The van der Waals surface area contributed by atoms with E-state index in [2.05, 4.69) is 0 Å². The first-order valence-electron chi connectivity index (χ1n) is 6.44. The molecule has 2 aromatic carbocycles. The van der Waals surface area contributed by atoms with E-state index < -0.39 is 0 Å². The van der Waals surface area contributed by atoms with Gasteiger partial charge in [0.1, 0.15) is 0 Å². The molecule has 1 nitrogen and oxygen atoms in total. The van der Waals surface area contributed by atoms with Crippen LogP contribution >= 0.6 is 11.6 Å². The van der Waals surface area contributed by atoms with Crippen molar-refractivity contribution in [1.82, 2.24) is 0 Å². The Bertz CT molecular complexity index is 570. The highest BCUT2D eigenvalue weighted by molar-refractivity contribution is 6.31. The molecule has 0 saturated carbocycles. The number of hydrogen-bond acceptors (Lipinski definition) is 1. The number of carbonyl (C=O) groups is 1. The van der Waals surface area contributed by atoms with Crippen LogP contribution in [0, 0.1) is 5.92 Å². The van der Waals surface area contributed by atoms with E-state index in [-0.39, 0.29) is 11.7 Å². The predicted molar refractivity (Wildman–Crippen MR) is 79.9 cm³/mol. The Morgan fingerprint density at radius 1 is 1.05 bits per heavy atom. The molecule has 0 aliphatic heterocycles. The molecule has 0 bridgehead atoms. The number of benzene rings is 2. The van der Waals surface area contributed by atoms with Gasteiger partial charge in [0.05, 0.1) is 0 Å². The van der Waals surface area contributed by atoms with E-state index in [0.717, 1.165) is 28.1 Å². The predicted octanol–water partition coefficient (Wildman–Crippen LogP) is 4.77. The molecule has 0 atom stereocenters. The molecule has 0 aliphatic carbocycles. The van der Waals surface area contributed by atoms with Crippen molar-refractivity contribution in [2.75, 3.05) is 0 Å². The fraction of sp³-hybridized carbons (Fsp3) is 0.235. The summed E-state index contributed by atoms with van der Waals surface area (Å²) in [5.74, 6) is 0.221. The summed E-state index contributed by atoms with van der Waals surface area (Å²) in [6.45, 7) is 3.83. The second-order valence-electron chi connectivity index (χ2n) is 4.98. The fourth-order valence-corrected chi connectivity index (χ4v) is 2.18. The maximum Gasteiger partial charge on any atom is 0.165 e. The van der Waals surface area contributed by atoms with Gasteiger partial charge in [0.25, 0.3) is 0 Å². The number of hydrogen-bond donors (Lipinski definition) is 0. The van der Waals surface area contributed by atoms with Gasteiger partial charge in [-0.05, 0) is 23.6 Å². The summed E-state index contributed by atoms with van der Waals surface area (Å²) in [4.78, 5) is 11.8. The van der Waals surface area contributed by atoms with E-state index in [9.17, 15) is 4.79 Å². The van der Waals surface area contributed by atoms with Gasteiger partial charge < -0.3 is 0 Å². The van der Waals surface area contributed by atoms with Gasteiger partial charge in [-0.2, -0.15) is 0 Å². The summed E-state index contributed by atoms with van der Waals surface area (Å²) < 4.78 is 0. The summed E-state index contributed by atoms with van der Waals surface area (Å²) >= 11 is 6.14. The second-order valence-corrected chi connectivity index (χ2v) is 5.39. The molecule has 0 fully saturated rings. The molecular weight excluding hydrogens is 256 g/mol. The Hall–Kier alpha value is -1.60. The monoisotopic (exact) mass is 272 g/mol. The third kappa shape index (κ3) is 3.45. The van der Waals surface area contributed by atoms with E-state index >= 15 is 0 Å². The van der Waals surface area contributed by atoms with Gasteiger partial charge in [0, 0.05) is 16.5 Å². The fourth-order valence-electron chi connectivity index (χ4n) is 1.98. The highest BCUT2D eigenvalue weighted by Crippen LogP contribution is 2.19. The molecule has 0 heterocycles. The van der Waals surface area contributed by atoms with Gasteiger partial charge in [-0.3, -0.25) is 4.79 Å². The maximum absolute atomic E-state index is 11.8. The van der Waals surface area contributed by atoms with Crippen molar-refractivity contribution in [2.24, 2.45) is 5.92 Å². The zero-order valence-electron chi connectivity index (χ0n) is 11.2. The van der Waals surface area contributed by atoms with Crippen molar-refractivity contribution in [3.8, 4) is 0 Å². The Morgan fingerprint density at radius 2 is 1.68 bits per heavy atom. The molecule has 0 spiro atoms. The molecule has 0 N–H and O–H groups in total. The van der Waals surface area contributed by atoms with E-state index in [4.69, 9.17) is 11.6 Å². The molecule has 0 radical (unpaired) electrons. The zero-order valence-corrected chi connectivity index (χ0v) is 11.9. The van der Waals surface area contributed by atoms with Crippen LogP contribution < -0.4 is 0 Å². The molecule has 2 aromatic rings. The van der Waals surface area contributed by atoms with Crippen LogP contribution in [0.5, 0.6) is 0 Å². The molecule has 0 saturated heterocycles. The molecule has 0 unspecified atom stereocenters. The topological polar surface area (TPSA) is 17.1 Å². The summed E-state index contributed by atoms with van der Waals surface area (Å²) in [5, 5.41) is 0.782. The Kier molecular flexibility index (Phi) is 4.39. The maximum atomic E-state index is 11.8. The Labute approximate surface area is 119 Å². The van der Waals surface area contributed by atoms with Crippen molar-refractivity contribution < 1.29 is 4.79 Å². The third-order valence-electron chi connectivity index (χ3n) is 3.12. The van der Waals surface area contributed by atoms with Crippen LogP contribution in [-0.4, -0.2) is 5.78 Å². The van der Waals surface area contributed by atoms with Crippen LogP contribution in [0.1, 0.15) is 35.3 Å². The van der Waals surface area contributed by atoms with Crippen molar-refractivity contribution in [2.45, 2.75) is 20.3 Å². The van der Waals surface area contributed by atoms with E-state index in [1.165, 1.54) is 0 Å². The lowest BCUT2D eigenvalue weighted by Crippen LogP contribution is -2.07. The second kappa shape index (κ2) is 6.03. The molecule has 19 heavy (non-hydrogen) atoms. The Balaban J connectivity index is 2.16. The van der Waals surface area contributed by atoms with Crippen molar-refractivity contribution in [1.29, 1.82) is 0 Å². The van der Waals surface area contributed by atoms with Crippen molar-refractivity contribution in [3.63, 3.8) is 0 Å². The molecule has 2 rings (SSSR count). The van der Waals surface area contributed by atoms with Crippen molar-refractivity contribution in [3.05, 3.63) is 70.2 Å². The van der Waals surface area contributed by atoms with Crippen LogP contribution in [-0.2, 0) is 6.42 Å². The van der Waals surface area contributed by atoms with Gasteiger partial charge in [0.2, 0.25) is 0 Å². The van der Waals surface area contributed by atoms with Crippen LogP contribution in [0.25, 0.3) is 0 Å². The molecular formula is C17H17ClO. The number of halogens is 1. The van der Waals surface area contributed by atoms with Gasteiger partial charge in [-0.1, -0.05) is 67.9 Å². The number of rotatable bonds is 4. The average molecular weight is 273 g/mol. The minimum Gasteiger partial charge on any atom is -0.294 e. The van der Waals surface area contributed by atoms with Crippen LogP contribution in [0.2, 0.25) is 5.02 Å². The van der Waals surface area contributed by atoms with Crippen molar-refractivity contribution >= 4 is 17.4 Å². The van der Waals surface area contributed by atoms with Gasteiger partial charge in [0.15, 0.2) is 5.78 Å². The van der Waals surface area contributed by atoms with Crippen LogP contribution in [0.4, 0.5) is 0 Å². The first kappa shape index (κ1) is 13.8. The number of carbonyl (C=O) groups excluding carboxylic acids is 1. The van der Waals surface area contributed by atoms with Crippen LogP contribution in [0.3, 0.4) is 0 Å². The summed E-state index contributed by atoms with van der Waals surface area (Å²) in [6, 6.07) is 15.6. The molecule has 98 valence electrons. The first-order valence-corrected chi connectivity index (χ1v) is 6.82. The lowest BCUT2D eigenvalue weighted by Gasteiger charge is -2.07. The summed E-state index contributed by atoms with van der Waals surface area (Å²) in [5.41, 5.74) is 3.04. The zero-order chi connectivity index (χ0) is 13.8. The summed E-state index contributed by atoms with van der Waals surface area (Å²) in [7, 11) is 0. The highest BCUT2D eigenvalue weighted by atomic mass is 35.5. The minimum absolute atomic E-state index is 0.0365. The lowest BCUT2D eigenvalue weighted by atomic mass is 9.98. The van der Waals surface area contributed by atoms with E-state index in [1.807, 2.05) is 62.4 Å². The quantitative estimate of drug-likeness (QED) is 0.733. The standard InChI is InChI=1S/C17H17ClO/c1-12(2)17(19)14-9-7-13(8-10-14)11-15-5-3-4-6-16(15)18/h3-10,12H,11H2,1-2H3. The highest BCUT2D eigenvalue weighted by Gasteiger charge is 2.10. The van der Waals surface area contributed by atoms with Gasteiger partial charge in [-0.25, -0.2) is 0 Å². The smallest absolute Gasteiger partial charge is 0.165 e. The third-order valence-corrected chi connectivity index (χ3v) is 3.48. The molecule has 0 aliphatic rings. The number of ketones is 1. The lowest BCUT2D eigenvalue weighted by molar-refractivity contribution is 0.0939. The average Bonchev–Trinajstić information content (AvgIpc) is 2.41. The SMILES string of the molecule is CC(C)C(=O)c1ccc(Cc2ccccc2Cl)cc1. The van der Waals surface area contributed by atoms with E-state index in [0.29, 0.717) is 0 Å². The number of Topliss-reactive ketones (excluding diaryl/α,β-unsaturated/α-hetero) is 1. The summed E-state index contributed by atoms with van der Waals surface area (Å²) in [6.07, 6.45) is 0.788. The Morgan fingerprint density at radius 3 is 2.26 bits per heavy atom. The van der Waals surface area contributed by atoms with Crippen LogP contribution in [0.15, 0.2) is 48.5 Å². The van der Waals surface area contributed by atoms with E-state index in [1.54, 1.807) is 0 Å². The molecule has 0 aromatic heterocycles. The van der Waals surface area contributed by atoms with Gasteiger partial charge in [-0.15, -0.1) is 0 Å².